The van der Waals surface area contributed by atoms with Crippen molar-refractivity contribution in [3.8, 4) is 0 Å². The van der Waals surface area contributed by atoms with Crippen LogP contribution in [0.1, 0.15) is 26.2 Å². The Kier molecular flexibility index (Phi) is 4.91. The van der Waals surface area contributed by atoms with Crippen molar-refractivity contribution in [2.75, 3.05) is 13.3 Å². The van der Waals surface area contributed by atoms with Crippen molar-refractivity contribution in [1.29, 1.82) is 0 Å². The highest BCUT2D eigenvalue weighted by molar-refractivity contribution is 4.98. The minimum absolute atomic E-state index is 0.144. The molecule has 0 aromatic rings. The first-order valence-electron chi connectivity index (χ1n) is 5.42. The molecule has 2 nitrogen and oxygen atoms in total. The summed E-state index contributed by atoms with van der Waals surface area (Å²) in [5.74, 6) is 0.741. The molecule has 1 atom stereocenters. The van der Waals surface area contributed by atoms with E-state index in [1.165, 1.54) is 12.8 Å². The van der Waals surface area contributed by atoms with Crippen LogP contribution in [0.4, 0.5) is 0 Å². The highest BCUT2D eigenvalue weighted by atomic mass is 16.3. The van der Waals surface area contributed by atoms with Crippen LogP contribution in [0.2, 0.25) is 0 Å². The van der Waals surface area contributed by atoms with Gasteiger partial charge >= 0.3 is 0 Å². The van der Waals surface area contributed by atoms with Crippen molar-refractivity contribution in [2.24, 2.45) is 5.92 Å². The molecule has 1 N–H and O–H groups in total. The third-order valence-corrected chi connectivity index (χ3v) is 2.77. The molecule has 0 amide bonds. The van der Waals surface area contributed by atoms with E-state index in [1.807, 2.05) is 13.0 Å². The van der Waals surface area contributed by atoms with Gasteiger partial charge in [-0.1, -0.05) is 18.2 Å². The van der Waals surface area contributed by atoms with Gasteiger partial charge in [0.15, 0.2) is 0 Å². The first-order chi connectivity index (χ1) is 6.83. The molecule has 0 aromatic heterocycles. The second kappa shape index (κ2) is 5.99. The summed E-state index contributed by atoms with van der Waals surface area (Å²) in [4.78, 5) is 2.10. The quantitative estimate of drug-likeness (QED) is 0.497. The molecule has 0 radical (unpaired) electrons. The van der Waals surface area contributed by atoms with E-state index in [4.69, 9.17) is 0 Å². The smallest absolute Gasteiger partial charge is 0.0961 e. The summed E-state index contributed by atoms with van der Waals surface area (Å²) < 4.78 is 0. The van der Waals surface area contributed by atoms with Crippen LogP contribution in [0, 0.1) is 5.92 Å². The van der Waals surface area contributed by atoms with Gasteiger partial charge in [0.25, 0.3) is 0 Å². The first kappa shape index (κ1) is 11.5. The average molecular weight is 195 g/mol. The lowest BCUT2D eigenvalue weighted by molar-refractivity contribution is 0.0781. The molecule has 14 heavy (non-hydrogen) atoms. The summed E-state index contributed by atoms with van der Waals surface area (Å²) in [7, 11) is 0. The molecule has 80 valence electrons. The standard InChI is InChI=1S/C12H21NO/c1-3-5-6-9-13(10-14)12(4-2)11-7-8-11/h3-5,11-12,14H,2,6-10H2,1H3/b5-3-. The molecule has 0 aromatic carbocycles. The van der Waals surface area contributed by atoms with Crippen molar-refractivity contribution in [3.63, 3.8) is 0 Å². The second-order valence-electron chi connectivity index (χ2n) is 3.88. The Morgan fingerprint density at radius 1 is 1.57 bits per heavy atom. The van der Waals surface area contributed by atoms with E-state index in [0.717, 1.165) is 18.9 Å². The molecular weight excluding hydrogens is 174 g/mol. The van der Waals surface area contributed by atoms with Gasteiger partial charge in [-0.15, -0.1) is 6.58 Å². The van der Waals surface area contributed by atoms with E-state index in [0.29, 0.717) is 6.04 Å². The fourth-order valence-corrected chi connectivity index (χ4v) is 1.80. The molecule has 1 unspecified atom stereocenters. The zero-order valence-electron chi connectivity index (χ0n) is 9.02. The third kappa shape index (κ3) is 3.28. The average Bonchev–Trinajstić information content (AvgIpc) is 3.01. The zero-order chi connectivity index (χ0) is 10.4. The maximum Gasteiger partial charge on any atom is 0.0961 e. The van der Waals surface area contributed by atoms with Crippen LogP contribution in [0.5, 0.6) is 0 Å². The maximum atomic E-state index is 9.26. The van der Waals surface area contributed by atoms with Gasteiger partial charge in [0.2, 0.25) is 0 Å². The SMILES string of the molecule is C=CC(C1CC1)N(CO)CC/C=C\C. The molecule has 2 heteroatoms. The second-order valence-corrected chi connectivity index (χ2v) is 3.88. The predicted octanol–water partition coefficient (Wildman–Crippen LogP) is 2.17. The van der Waals surface area contributed by atoms with E-state index >= 15 is 0 Å². The molecule has 0 bridgehead atoms. The lowest BCUT2D eigenvalue weighted by Crippen LogP contribution is -2.36. The minimum Gasteiger partial charge on any atom is -0.381 e. The van der Waals surface area contributed by atoms with Crippen molar-refractivity contribution in [2.45, 2.75) is 32.2 Å². The van der Waals surface area contributed by atoms with Gasteiger partial charge in [-0.2, -0.15) is 0 Å². The van der Waals surface area contributed by atoms with Gasteiger partial charge < -0.3 is 5.11 Å². The summed E-state index contributed by atoms with van der Waals surface area (Å²) >= 11 is 0. The topological polar surface area (TPSA) is 23.5 Å². The molecule has 0 aliphatic heterocycles. The lowest BCUT2D eigenvalue weighted by atomic mass is 10.1. The Bertz CT molecular complexity index is 196. The highest BCUT2D eigenvalue weighted by Gasteiger charge is 2.32. The fraction of sp³-hybridized carbons (Fsp3) is 0.667. The lowest BCUT2D eigenvalue weighted by Gasteiger charge is -2.26. The Hall–Kier alpha value is -0.600. The summed E-state index contributed by atoms with van der Waals surface area (Å²) in [5, 5.41) is 9.26. The van der Waals surface area contributed by atoms with Gasteiger partial charge in [0, 0.05) is 12.6 Å². The summed E-state index contributed by atoms with van der Waals surface area (Å²) in [5.41, 5.74) is 0. The van der Waals surface area contributed by atoms with E-state index in [-0.39, 0.29) is 6.73 Å². The Morgan fingerprint density at radius 2 is 2.29 bits per heavy atom. The number of nitrogens with zero attached hydrogens (tertiary/aromatic N) is 1. The normalized spacial score (nSPS) is 19.1. The van der Waals surface area contributed by atoms with E-state index in [2.05, 4.69) is 23.6 Å². The summed E-state index contributed by atoms with van der Waals surface area (Å²) in [6.45, 7) is 6.94. The van der Waals surface area contributed by atoms with Crippen molar-refractivity contribution < 1.29 is 5.11 Å². The molecule has 1 rings (SSSR count). The number of hydrogen-bond acceptors (Lipinski definition) is 2. The summed E-state index contributed by atoms with van der Waals surface area (Å²) in [6, 6.07) is 0.380. The van der Waals surface area contributed by atoms with Crippen LogP contribution in [0.15, 0.2) is 24.8 Å². The fourth-order valence-electron chi connectivity index (χ4n) is 1.80. The number of hydrogen-bond donors (Lipinski definition) is 1. The minimum atomic E-state index is 0.144. The largest absolute Gasteiger partial charge is 0.381 e. The highest BCUT2D eigenvalue weighted by Crippen LogP contribution is 2.35. The Balaban J connectivity index is 2.37. The molecule has 1 aliphatic rings. The van der Waals surface area contributed by atoms with E-state index < -0.39 is 0 Å². The first-order valence-corrected chi connectivity index (χ1v) is 5.42. The van der Waals surface area contributed by atoms with E-state index in [1.54, 1.807) is 0 Å². The molecule has 0 spiro atoms. The zero-order valence-corrected chi connectivity index (χ0v) is 9.02. The van der Waals surface area contributed by atoms with Crippen LogP contribution in [-0.4, -0.2) is 29.3 Å². The van der Waals surface area contributed by atoms with Crippen LogP contribution in [0.3, 0.4) is 0 Å². The van der Waals surface area contributed by atoms with Crippen molar-refractivity contribution >= 4 is 0 Å². The molecular formula is C12H21NO. The Morgan fingerprint density at radius 3 is 2.71 bits per heavy atom. The number of rotatable bonds is 7. The van der Waals surface area contributed by atoms with Gasteiger partial charge in [-0.3, -0.25) is 4.90 Å². The monoisotopic (exact) mass is 195 g/mol. The van der Waals surface area contributed by atoms with Crippen LogP contribution in [-0.2, 0) is 0 Å². The summed E-state index contributed by atoms with van der Waals surface area (Å²) in [6.07, 6.45) is 9.75. The molecule has 1 saturated carbocycles. The molecule has 0 saturated heterocycles. The molecule has 1 aliphatic carbocycles. The van der Waals surface area contributed by atoms with Crippen LogP contribution < -0.4 is 0 Å². The van der Waals surface area contributed by atoms with Gasteiger partial charge in [0.1, 0.15) is 0 Å². The van der Waals surface area contributed by atoms with Crippen molar-refractivity contribution in [1.82, 2.24) is 4.90 Å². The van der Waals surface area contributed by atoms with E-state index in [9.17, 15) is 5.11 Å². The Labute approximate surface area is 86.9 Å². The number of allylic oxidation sites excluding steroid dienone is 1. The van der Waals surface area contributed by atoms with Crippen LogP contribution in [0.25, 0.3) is 0 Å². The van der Waals surface area contributed by atoms with Crippen molar-refractivity contribution in [3.05, 3.63) is 24.8 Å². The third-order valence-electron chi connectivity index (χ3n) is 2.77. The number of aliphatic hydroxyl groups is 1. The van der Waals surface area contributed by atoms with Gasteiger partial charge in [0.05, 0.1) is 6.73 Å². The number of aliphatic hydroxyl groups excluding tert-OH is 1. The maximum absolute atomic E-state index is 9.26. The van der Waals surface area contributed by atoms with Gasteiger partial charge in [-0.05, 0) is 32.1 Å². The predicted molar refractivity (Wildman–Crippen MR) is 59.9 cm³/mol. The molecule has 0 heterocycles. The van der Waals surface area contributed by atoms with Crippen LogP contribution >= 0.6 is 0 Å². The molecule has 1 fully saturated rings. The van der Waals surface area contributed by atoms with Gasteiger partial charge in [-0.25, -0.2) is 0 Å².